The summed E-state index contributed by atoms with van der Waals surface area (Å²) in [6, 6.07) is 1.16. The number of guanidine groups is 1. The molecule has 0 bridgehead atoms. The van der Waals surface area contributed by atoms with Crippen LogP contribution in [0.1, 0.15) is 32.3 Å². The third-order valence-corrected chi connectivity index (χ3v) is 4.04. The molecule has 1 saturated heterocycles. The number of nitrogens with one attached hydrogen (secondary N) is 2. The molecule has 0 saturated carbocycles. The fourth-order valence-corrected chi connectivity index (χ4v) is 2.70. The zero-order valence-corrected chi connectivity index (χ0v) is 16.4. The van der Waals surface area contributed by atoms with E-state index in [-0.39, 0.29) is 24.0 Å². The lowest BCUT2D eigenvalue weighted by molar-refractivity contribution is 0.167. The van der Waals surface area contributed by atoms with E-state index < -0.39 is 0 Å². The Hall–Kier alpha value is -0.830. The highest BCUT2D eigenvalue weighted by Crippen LogP contribution is 2.12. The molecule has 1 fully saturated rings. The number of halogens is 1. The number of aryl methyl sites for hydroxylation is 1. The first-order chi connectivity index (χ1) is 10.1. The van der Waals surface area contributed by atoms with Crippen molar-refractivity contribution in [2.24, 2.45) is 12.0 Å². The maximum absolute atomic E-state index is 4.31. The van der Waals surface area contributed by atoms with Crippen LogP contribution in [0.3, 0.4) is 0 Å². The standard InChI is InChI=1S/C15H28N6.HI/c1-12(2)21-7-5-14(6-8-21)19-15(16-3)17-9-13-10-18-20(4)11-13;/h10-12,14H,5-9H2,1-4H3,(H2,16,17,19);1H. The molecule has 1 aliphatic heterocycles. The van der Waals surface area contributed by atoms with Crippen LogP contribution in [0.25, 0.3) is 0 Å². The van der Waals surface area contributed by atoms with E-state index in [4.69, 9.17) is 0 Å². The number of rotatable bonds is 4. The van der Waals surface area contributed by atoms with Gasteiger partial charge >= 0.3 is 0 Å². The zero-order valence-electron chi connectivity index (χ0n) is 14.0. The fraction of sp³-hybridized carbons (Fsp3) is 0.733. The number of piperidine rings is 1. The molecule has 1 aromatic heterocycles. The lowest BCUT2D eigenvalue weighted by atomic mass is 10.0. The van der Waals surface area contributed by atoms with Crippen molar-refractivity contribution in [1.82, 2.24) is 25.3 Å². The van der Waals surface area contributed by atoms with Gasteiger partial charge in [0.25, 0.3) is 0 Å². The van der Waals surface area contributed by atoms with Crippen molar-refractivity contribution in [3.8, 4) is 0 Å². The fourth-order valence-electron chi connectivity index (χ4n) is 2.70. The van der Waals surface area contributed by atoms with Crippen LogP contribution >= 0.6 is 24.0 Å². The van der Waals surface area contributed by atoms with Crippen LogP contribution in [0, 0.1) is 0 Å². The molecule has 1 aliphatic rings. The number of hydrogen-bond acceptors (Lipinski definition) is 3. The normalized spacial score (nSPS) is 17.4. The zero-order chi connectivity index (χ0) is 15.2. The van der Waals surface area contributed by atoms with Crippen LogP contribution in [-0.2, 0) is 13.6 Å². The van der Waals surface area contributed by atoms with Crippen LogP contribution < -0.4 is 10.6 Å². The van der Waals surface area contributed by atoms with Gasteiger partial charge in [-0.1, -0.05) is 0 Å². The molecule has 0 atom stereocenters. The van der Waals surface area contributed by atoms with E-state index in [1.165, 1.54) is 12.8 Å². The predicted molar refractivity (Wildman–Crippen MR) is 102 cm³/mol. The van der Waals surface area contributed by atoms with Gasteiger partial charge in [0.1, 0.15) is 0 Å². The van der Waals surface area contributed by atoms with Crippen molar-refractivity contribution in [3.63, 3.8) is 0 Å². The highest BCUT2D eigenvalue weighted by molar-refractivity contribution is 14.0. The quantitative estimate of drug-likeness (QED) is 0.441. The van der Waals surface area contributed by atoms with E-state index in [0.29, 0.717) is 12.1 Å². The lowest BCUT2D eigenvalue weighted by Crippen LogP contribution is -2.49. The van der Waals surface area contributed by atoms with Crippen molar-refractivity contribution in [2.75, 3.05) is 20.1 Å². The minimum Gasteiger partial charge on any atom is -0.354 e. The molecular formula is C15H29IN6. The molecule has 2 N–H and O–H groups in total. The van der Waals surface area contributed by atoms with Crippen molar-refractivity contribution in [1.29, 1.82) is 0 Å². The Bertz CT molecular complexity index is 462. The SMILES string of the molecule is CN=C(NCc1cnn(C)c1)NC1CCN(C(C)C)CC1.I. The monoisotopic (exact) mass is 420 g/mol. The molecule has 0 spiro atoms. The Morgan fingerprint density at radius 1 is 1.41 bits per heavy atom. The van der Waals surface area contributed by atoms with Gasteiger partial charge in [-0.25, -0.2) is 0 Å². The second-order valence-corrected chi connectivity index (χ2v) is 6.00. The summed E-state index contributed by atoms with van der Waals surface area (Å²) in [5.41, 5.74) is 1.16. The first-order valence-corrected chi connectivity index (χ1v) is 7.77. The molecule has 0 aliphatic carbocycles. The lowest BCUT2D eigenvalue weighted by Gasteiger charge is -2.35. The summed E-state index contributed by atoms with van der Waals surface area (Å²) in [5, 5.41) is 11.1. The van der Waals surface area contributed by atoms with E-state index in [9.17, 15) is 0 Å². The molecule has 0 aromatic carbocycles. The number of hydrogen-bond donors (Lipinski definition) is 2. The third kappa shape index (κ3) is 5.75. The smallest absolute Gasteiger partial charge is 0.191 e. The summed E-state index contributed by atoms with van der Waals surface area (Å²) in [5.74, 6) is 0.877. The molecule has 126 valence electrons. The molecule has 0 unspecified atom stereocenters. The Labute approximate surface area is 150 Å². The van der Waals surface area contributed by atoms with Crippen molar-refractivity contribution < 1.29 is 0 Å². The van der Waals surface area contributed by atoms with E-state index in [1.807, 2.05) is 31.2 Å². The number of aromatic nitrogens is 2. The van der Waals surface area contributed by atoms with Crippen LogP contribution in [-0.4, -0.2) is 52.9 Å². The minimum atomic E-state index is 0. The van der Waals surface area contributed by atoms with Crippen LogP contribution in [0.4, 0.5) is 0 Å². The molecule has 1 aromatic rings. The summed E-state index contributed by atoms with van der Waals surface area (Å²) in [4.78, 5) is 6.84. The summed E-state index contributed by atoms with van der Waals surface area (Å²) < 4.78 is 1.81. The summed E-state index contributed by atoms with van der Waals surface area (Å²) in [6.07, 6.45) is 6.24. The van der Waals surface area contributed by atoms with Gasteiger partial charge in [-0.2, -0.15) is 5.10 Å². The number of nitrogens with zero attached hydrogens (tertiary/aromatic N) is 4. The van der Waals surface area contributed by atoms with Crippen LogP contribution in [0.15, 0.2) is 17.4 Å². The Morgan fingerprint density at radius 3 is 2.59 bits per heavy atom. The molecule has 2 rings (SSSR count). The van der Waals surface area contributed by atoms with E-state index >= 15 is 0 Å². The van der Waals surface area contributed by atoms with Crippen LogP contribution in [0.5, 0.6) is 0 Å². The summed E-state index contributed by atoms with van der Waals surface area (Å²) in [6.45, 7) is 7.60. The second kappa shape index (κ2) is 9.34. The average molecular weight is 420 g/mol. The minimum absolute atomic E-state index is 0. The van der Waals surface area contributed by atoms with Gasteiger partial charge < -0.3 is 15.5 Å². The second-order valence-electron chi connectivity index (χ2n) is 6.00. The first kappa shape index (κ1) is 19.2. The summed E-state index contributed by atoms with van der Waals surface area (Å²) >= 11 is 0. The van der Waals surface area contributed by atoms with E-state index in [2.05, 4.69) is 39.5 Å². The molecule has 7 heteroatoms. The number of likely N-dealkylation sites (tertiary alicyclic amines) is 1. The van der Waals surface area contributed by atoms with Gasteiger partial charge in [0, 0.05) is 57.6 Å². The van der Waals surface area contributed by atoms with Gasteiger partial charge in [-0.05, 0) is 26.7 Å². The van der Waals surface area contributed by atoms with E-state index in [0.717, 1.165) is 31.2 Å². The summed E-state index contributed by atoms with van der Waals surface area (Å²) in [7, 11) is 3.75. The Kier molecular flexibility index (Phi) is 8.16. The molecule has 0 amide bonds. The maximum Gasteiger partial charge on any atom is 0.191 e. The molecule has 2 heterocycles. The van der Waals surface area contributed by atoms with Crippen LogP contribution in [0.2, 0.25) is 0 Å². The van der Waals surface area contributed by atoms with E-state index in [1.54, 1.807) is 0 Å². The highest BCUT2D eigenvalue weighted by atomic mass is 127. The maximum atomic E-state index is 4.31. The molecular weight excluding hydrogens is 391 g/mol. The van der Waals surface area contributed by atoms with Gasteiger partial charge in [0.05, 0.1) is 6.20 Å². The van der Waals surface area contributed by atoms with Gasteiger partial charge in [-0.15, -0.1) is 24.0 Å². The van der Waals surface area contributed by atoms with Gasteiger partial charge in [0.15, 0.2) is 5.96 Å². The first-order valence-electron chi connectivity index (χ1n) is 7.77. The molecule has 0 radical (unpaired) electrons. The van der Waals surface area contributed by atoms with Crippen molar-refractivity contribution in [2.45, 2.75) is 45.3 Å². The largest absolute Gasteiger partial charge is 0.354 e. The predicted octanol–water partition coefficient (Wildman–Crippen LogP) is 1.58. The molecule has 22 heavy (non-hydrogen) atoms. The van der Waals surface area contributed by atoms with Crippen molar-refractivity contribution >= 4 is 29.9 Å². The number of aliphatic imine (C=N–C) groups is 1. The molecule has 6 nitrogen and oxygen atoms in total. The van der Waals surface area contributed by atoms with Gasteiger partial charge in [-0.3, -0.25) is 9.67 Å². The Morgan fingerprint density at radius 2 is 2.09 bits per heavy atom. The topological polar surface area (TPSA) is 57.5 Å². The third-order valence-electron chi connectivity index (χ3n) is 4.04. The van der Waals surface area contributed by atoms with Gasteiger partial charge in [0.2, 0.25) is 0 Å². The highest BCUT2D eigenvalue weighted by Gasteiger charge is 2.21. The average Bonchev–Trinajstić information content (AvgIpc) is 2.89. The Balaban J connectivity index is 0.00000242. The van der Waals surface area contributed by atoms with Crippen molar-refractivity contribution in [3.05, 3.63) is 18.0 Å².